The molecule has 0 bridgehead atoms. The Morgan fingerprint density at radius 3 is 2.39 bits per heavy atom. The fourth-order valence-electron chi connectivity index (χ4n) is 3.99. The van der Waals surface area contributed by atoms with Crippen molar-refractivity contribution in [3.63, 3.8) is 0 Å². The molecule has 2 aromatic carbocycles. The Morgan fingerprint density at radius 2 is 1.67 bits per heavy atom. The van der Waals surface area contributed by atoms with Gasteiger partial charge in [0, 0.05) is 26.2 Å². The number of piperazine rings is 1. The largest absolute Gasteiger partial charge is 0.493 e. The summed E-state index contributed by atoms with van der Waals surface area (Å²) in [5.74, 6) is 2.53. The lowest BCUT2D eigenvalue weighted by molar-refractivity contribution is 0.213. The lowest BCUT2D eigenvalue weighted by Gasteiger charge is -2.32. The number of fused-ring (bicyclic) bond motifs is 1. The van der Waals surface area contributed by atoms with E-state index in [1.165, 1.54) is 0 Å². The maximum absolute atomic E-state index is 5.89. The molecule has 1 aliphatic rings. The number of methoxy groups -OCH3 is 3. The Labute approximate surface area is 190 Å². The molecule has 1 saturated heterocycles. The van der Waals surface area contributed by atoms with E-state index in [1.807, 2.05) is 30.3 Å². The van der Waals surface area contributed by atoms with Crippen molar-refractivity contribution in [1.29, 1.82) is 0 Å². The summed E-state index contributed by atoms with van der Waals surface area (Å²) in [5.41, 5.74) is 2.35. The summed E-state index contributed by atoms with van der Waals surface area (Å²) in [5, 5.41) is 4.15. The van der Waals surface area contributed by atoms with Gasteiger partial charge >= 0.3 is 0 Å². The second kappa shape index (κ2) is 8.99. The van der Waals surface area contributed by atoms with Crippen LogP contribution in [0.3, 0.4) is 0 Å². The second-order valence-corrected chi connectivity index (χ2v) is 7.62. The minimum atomic E-state index is 0.438. The summed E-state index contributed by atoms with van der Waals surface area (Å²) in [6, 6.07) is 12.1. The van der Waals surface area contributed by atoms with E-state index in [4.69, 9.17) is 23.2 Å². The molecule has 0 atom stereocenters. The smallest absolute Gasteiger partial charge is 0.298 e. The summed E-state index contributed by atoms with van der Waals surface area (Å²) in [6.07, 6.45) is 0. The van der Waals surface area contributed by atoms with Crippen LogP contribution in [0.1, 0.15) is 5.89 Å². The molecule has 0 N–H and O–H groups in total. The van der Waals surface area contributed by atoms with Crippen molar-refractivity contribution >= 4 is 17.1 Å². The zero-order valence-electron chi connectivity index (χ0n) is 18.8. The molecule has 0 aliphatic carbocycles. The molecule has 0 unspecified atom stereocenters. The molecule has 0 saturated carbocycles. The molecule has 0 amide bonds. The van der Waals surface area contributed by atoms with Crippen molar-refractivity contribution in [1.82, 2.24) is 20.0 Å². The number of rotatable bonds is 7. The van der Waals surface area contributed by atoms with E-state index in [2.05, 4.69) is 24.9 Å². The first-order valence-electron chi connectivity index (χ1n) is 10.6. The van der Waals surface area contributed by atoms with Crippen molar-refractivity contribution in [2.45, 2.75) is 6.54 Å². The van der Waals surface area contributed by atoms with Gasteiger partial charge in [0.2, 0.25) is 17.5 Å². The fraction of sp³-hybridized carbons (Fsp3) is 0.348. The number of aromatic nitrogens is 3. The number of para-hydroxylation sites is 2. The first-order valence-corrected chi connectivity index (χ1v) is 10.6. The minimum Gasteiger partial charge on any atom is -0.493 e. The molecule has 0 spiro atoms. The Bertz CT molecular complexity index is 1210. The topological polar surface area (TPSA) is 99.1 Å². The van der Waals surface area contributed by atoms with Gasteiger partial charge in [0.15, 0.2) is 17.1 Å². The summed E-state index contributed by atoms with van der Waals surface area (Å²) < 4.78 is 27.8. The highest BCUT2D eigenvalue weighted by atomic mass is 16.5. The van der Waals surface area contributed by atoms with Gasteiger partial charge in [-0.05, 0) is 24.3 Å². The van der Waals surface area contributed by atoms with Crippen LogP contribution < -0.4 is 19.1 Å². The maximum Gasteiger partial charge on any atom is 0.298 e. The van der Waals surface area contributed by atoms with Crippen molar-refractivity contribution in [3.8, 4) is 28.6 Å². The monoisotopic (exact) mass is 451 g/mol. The highest BCUT2D eigenvalue weighted by Gasteiger charge is 2.24. The number of oxazole rings is 1. The molecule has 0 radical (unpaired) electrons. The molecule has 1 fully saturated rings. The van der Waals surface area contributed by atoms with Gasteiger partial charge in [-0.2, -0.15) is 9.97 Å². The van der Waals surface area contributed by atoms with Gasteiger partial charge in [-0.15, -0.1) is 0 Å². The van der Waals surface area contributed by atoms with Crippen LogP contribution in [0, 0.1) is 0 Å². The predicted molar refractivity (Wildman–Crippen MR) is 121 cm³/mol. The summed E-state index contributed by atoms with van der Waals surface area (Å²) in [4.78, 5) is 13.6. The molecular weight excluding hydrogens is 426 g/mol. The molecule has 1 aliphatic heterocycles. The Hall–Kier alpha value is -3.79. The van der Waals surface area contributed by atoms with Crippen LogP contribution in [0.15, 0.2) is 45.3 Å². The zero-order valence-corrected chi connectivity index (χ0v) is 18.8. The summed E-state index contributed by atoms with van der Waals surface area (Å²) in [6.45, 7) is 3.82. The van der Waals surface area contributed by atoms with Crippen LogP contribution in [0.5, 0.6) is 17.2 Å². The minimum absolute atomic E-state index is 0.438. The summed E-state index contributed by atoms with van der Waals surface area (Å²) in [7, 11) is 4.71. The lowest BCUT2D eigenvalue weighted by atomic mass is 10.1. The molecule has 10 heteroatoms. The van der Waals surface area contributed by atoms with Crippen molar-refractivity contribution in [3.05, 3.63) is 42.3 Å². The SMILES string of the molecule is COc1ccc(-c2noc(CN3CCN(c4nc5ccccc5o4)CC3)n2)c(OC)c1OC. The lowest BCUT2D eigenvalue weighted by Crippen LogP contribution is -2.46. The van der Waals surface area contributed by atoms with E-state index < -0.39 is 0 Å². The fourth-order valence-corrected chi connectivity index (χ4v) is 3.99. The van der Waals surface area contributed by atoms with Crippen molar-refractivity contribution in [2.24, 2.45) is 0 Å². The molecule has 172 valence electrons. The number of hydrogen-bond donors (Lipinski definition) is 0. The molecule has 4 aromatic rings. The van der Waals surface area contributed by atoms with Crippen LogP contribution in [-0.2, 0) is 6.54 Å². The first kappa shape index (κ1) is 21.1. The normalized spacial score (nSPS) is 14.6. The molecular formula is C23H25N5O5. The van der Waals surface area contributed by atoms with Gasteiger partial charge in [0.1, 0.15) is 5.52 Å². The first-order chi connectivity index (χ1) is 16.2. The van der Waals surface area contributed by atoms with E-state index in [-0.39, 0.29) is 0 Å². The van der Waals surface area contributed by atoms with Gasteiger partial charge < -0.3 is 28.1 Å². The molecule has 3 heterocycles. The maximum atomic E-state index is 5.89. The van der Waals surface area contributed by atoms with Crippen molar-refractivity contribution in [2.75, 3.05) is 52.4 Å². The third-order valence-electron chi connectivity index (χ3n) is 5.70. The standard InChI is InChI=1S/C23H25N5O5/c1-29-18-9-8-15(20(30-2)21(18)31-3)22-25-19(33-26-22)14-27-10-12-28(13-11-27)23-24-16-6-4-5-7-17(16)32-23/h4-9H,10-14H2,1-3H3. The van der Waals surface area contributed by atoms with Crippen LogP contribution in [-0.4, -0.2) is 67.5 Å². The molecule has 5 rings (SSSR count). The number of anilines is 1. The molecule has 10 nitrogen and oxygen atoms in total. The third-order valence-corrected chi connectivity index (χ3v) is 5.70. The second-order valence-electron chi connectivity index (χ2n) is 7.62. The summed E-state index contributed by atoms with van der Waals surface area (Å²) >= 11 is 0. The van der Waals surface area contributed by atoms with Gasteiger partial charge in [-0.3, -0.25) is 4.90 Å². The molecule has 33 heavy (non-hydrogen) atoms. The Balaban J connectivity index is 1.26. The van der Waals surface area contributed by atoms with E-state index in [0.29, 0.717) is 47.1 Å². The number of hydrogen-bond acceptors (Lipinski definition) is 10. The Kier molecular flexibility index (Phi) is 5.74. The van der Waals surface area contributed by atoms with E-state index in [9.17, 15) is 0 Å². The highest BCUT2D eigenvalue weighted by Crippen LogP contribution is 2.43. The van der Waals surface area contributed by atoms with Gasteiger partial charge in [0.25, 0.3) is 6.01 Å². The Morgan fingerprint density at radius 1 is 0.879 bits per heavy atom. The quantitative estimate of drug-likeness (QED) is 0.416. The van der Waals surface area contributed by atoms with Crippen LogP contribution >= 0.6 is 0 Å². The molecule has 2 aromatic heterocycles. The van der Waals surface area contributed by atoms with Gasteiger partial charge in [0.05, 0.1) is 33.4 Å². The van der Waals surface area contributed by atoms with E-state index in [1.54, 1.807) is 27.4 Å². The van der Waals surface area contributed by atoms with Crippen LogP contribution in [0.25, 0.3) is 22.5 Å². The highest BCUT2D eigenvalue weighted by molar-refractivity contribution is 5.74. The predicted octanol–water partition coefficient (Wildman–Crippen LogP) is 3.23. The van der Waals surface area contributed by atoms with E-state index >= 15 is 0 Å². The third kappa shape index (κ3) is 4.05. The average molecular weight is 451 g/mol. The van der Waals surface area contributed by atoms with Gasteiger partial charge in [-0.1, -0.05) is 17.3 Å². The number of nitrogens with zero attached hydrogens (tertiary/aromatic N) is 5. The van der Waals surface area contributed by atoms with Crippen LogP contribution in [0.4, 0.5) is 6.01 Å². The number of benzene rings is 2. The van der Waals surface area contributed by atoms with Crippen molar-refractivity contribution < 1.29 is 23.2 Å². The average Bonchev–Trinajstić information content (AvgIpc) is 3.50. The van der Waals surface area contributed by atoms with E-state index in [0.717, 1.165) is 37.3 Å². The van der Waals surface area contributed by atoms with Gasteiger partial charge in [-0.25, -0.2) is 0 Å². The van der Waals surface area contributed by atoms with Crippen LogP contribution in [0.2, 0.25) is 0 Å². The zero-order chi connectivity index (χ0) is 22.8. The number of ether oxygens (including phenoxy) is 3.